The topological polar surface area (TPSA) is 107 Å². The van der Waals surface area contributed by atoms with E-state index < -0.39 is 35.2 Å². The number of ketones is 1. The number of carbonyl (C=O) groups is 3. The van der Waals surface area contributed by atoms with Crippen molar-refractivity contribution in [3.05, 3.63) is 41.5 Å². The number of Topliss-reactive ketones (excluding diaryl/α,β-unsaturated/α-hetero) is 1. The van der Waals surface area contributed by atoms with Crippen molar-refractivity contribution in [1.82, 2.24) is 5.32 Å². The predicted molar refractivity (Wildman–Crippen MR) is 149 cm³/mol. The summed E-state index contributed by atoms with van der Waals surface area (Å²) in [5, 5.41) is 2.34. The minimum atomic E-state index is -0.784. The lowest BCUT2D eigenvalue weighted by molar-refractivity contribution is -0.124. The number of hydrogen-bond acceptors (Lipinski definition) is 8. The summed E-state index contributed by atoms with van der Waals surface area (Å²) >= 11 is 1.28. The van der Waals surface area contributed by atoms with E-state index in [0.29, 0.717) is 18.6 Å². The number of benzene rings is 1. The van der Waals surface area contributed by atoms with Crippen LogP contribution in [0.15, 0.2) is 40.8 Å². The lowest BCUT2D eigenvalue weighted by Gasteiger charge is -2.42. The van der Waals surface area contributed by atoms with Gasteiger partial charge in [-0.05, 0) is 52.2 Å². The van der Waals surface area contributed by atoms with Gasteiger partial charge in [0.25, 0.3) is 0 Å². The van der Waals surface area contributed by atoms with Crippen molar-refractivity contribution in [1.29, 1.82) is 0 Å². The molecule has 0 radical (unpaired) electrons. The number of carbonyl (C=O) groups excluding carboxylic acids is 3. The lowest BCUT2D eigenvalue weighted by Crippen LogP contribution is -2.56. The SMILES string of the molecule is CO[C@@H]1[C@H](OC(=O)NC(=O)CSc2ccc(C(=O)C(C)(C)C)cc2)CC[C@]2(CO2)[C@H]1[C@]1(C)O[C@@H]1CC=C(C)C. The van der Waals surface area contributed by atoms with Gasteiger partial charge in [-0.15, -0.1) is 11.8 Å². The van der Waals surface area contributed by atoms with Crippen molar-refractivity contribution >= 4 is 29.5 Å². The van der Waals surface area contributed by atoms with E-state index in [-0.39, 0.29) is 29.2 Å². The fourth-order valence-electron chi connectivity index (χ4n) is 5.67. The first-order valence-electron chi connectivity index (χ1n) is 13.5. The summed E-state index contributed by atoms with van der Waals surface area (Å²) in [7, 11) is 1.62. The molecule has 3 fully saturated rings. The van der Waals surface area contributed by atoms with Gasteiger partial charge in [-0.2, -0.15) is 0 Å². The molecule has 2 amide bonds. The molecule has 6 atom stereocenters. The summed E-state index contributed by atoms with van der Waals surface area (Å²) in [6.07, 6.45) is 2.65. The average molecular weight is 560 g/mol. The van der Waals surface area contributed by atoms with Crippen LogP contribution in [-0.4, -0.2) is 66.8 Å². The molecule has 2 heterocycles. The van der Waals surface area contributed by atoms with Crippen LogP contribution in [0.2, 0.25) is 0 Å². The number of epoxide rings is 2. The summed E-state index contributed by atoms with van der Waals surface area (Å²) in [5.74, 6) is -0.444. The van der Waals surface area contributed by atoms with Crippen molar-refractivity contribution in [2.45, 2.75) is 95.2 Å². The second kappa shape index (κ2) is 11.4. The minimum absolute atomic E-state index is 0.0393. The lowest BCUT2D eigenvalue weighted by atomic mass is 9.68. The van der Waals surface area contributed by atoms with E-state index in [1.54, 1.807) is 19.2 Å². The first kappa shape index (κ1) is 29.8. The molecule has 9 heteroatoms. The van der Waals surface area contributed by atoms with Gasteiger partial charge in [-0.3, -0.25) is 14.9 Å². The van der Waals surface area contributed by atoms with E-state index in [1.165, 1.54) is 17.3 Å². The van der Waals surface area contributed by atoms with E-state index in [1.807, 2.05) is 32.9 Å². The third kappa shape index (κ3) is 6.76. The van der Waals surface area contributed by atoms with Crippen molar-refractivity contribution < 1.29 is 33.3 Å². The van der Waals surface area contributed by atoms with Gasteiger partial charge in [0.05, 0.1) is 24.4 Å². The number of rotatable bonds is 9. The zero-order valence-electron chi connectivity index (χ0n) is 24.0. The number of nitrogens with one attached hydrogen (secondary N) is 1. The molecule has 39 heavy (non-hydrogen) atoms. The Kier molecular flexibility index (Phi) is 8.67. The maximum atomic E-state index is 12.7. The van der Waals surface area contributed by atoms with Crippen LogP contribution in [-0.2, 0) is 23.7 Å². The number of alkyl carbamates (subject to hydrolysis) is 1. The van der Waals surface area contributed by atoms with Gasteiger partial charge in [-0.25, -0.2) is 4.79 Å². The summed E-state index contributed by atoms with van der Waals surface area (Å²) in [5.41, 5.74) is 0.667. The highest BCUT2D eigenvalue weighted by atomic mass is 32.2. The van der Waals surface area contributed by atoms with Gasteiger partial charge < -0.3 is 18.9 Å². The Morgan fingerprint density at radius 1 is 1.18 bits per heavy atom. The van der Waals surface area contributed by atoms with Gasteiger partial charge in [0.1, 0.15) is 23.4 Å². The molecular weight excluding hydrogens is 518 g/mol. The van der Waals surface area contributed by atoms with Crippen molar-refractivity contribution in [2.24, 2.45) is 11.3 Å². The predicted octanol–water partition coefficient (Wildman–Crippen LogP) is 5.34. The van der Waals surface area contributed by atoms with Gasteiger partial charge >= 0.3 is 6.09 Å². The van der Waals surface area contributed by atoms with E-state index in [4.69, 9.17) is 18.9 Å². The number of allylic oxidation sites excluding steroid dienone is 1. The quantitative estimate of drug-likeness (QED) is 0.187. The molecule has 0 unspecified atom stereocenters. The molecule has 2 aliphatic heterocycles. The van der Waals surface area contributed by atoms with E-state index >= 15 is 0 Å². The monoisotopic (exact) mass is 559 g/mol. The first-order chi connectivity index (χ1) is 18.3. The van der Waals surface area contributed by atoms with Crippen LogP contribution < -0.4 is 5.32 Å². The van der Waals surface area contributed by atoms with Gasteiger partial charge in [0, 0.05) is 23.0 Å². The third-order valence-electron chi connectivity index (χ3n) is 7.90. The molecular formula is C30H41NO7S. The van der Waals surface area contributed by atoms with Crippen LogP contribution in [0.25, 0.3) is 0 Å². The Balaban J connectivity index is 1.30. The fraction of sp³-hybridized carbons (Fsp3) is 0.633. The highest BCUT2D eigenvalue weighted by Crippen LogP contribution is 2.59. The molecule has 8 nitrogen and oxygen atoms in total. The van der Waals surface area contributed by atoms with Crippen LogP contribution in [0.1, 0.15) is 71.2 Å². The average Bonchev–Trinajstić information content (AvgIpc) is 3.78. The van der Waals surface area contributed by atoms with E-state index in [9.17, 15) is 14.4 Å². The van der Waals surface area contributed by atoms with Crippen molar-refractivity contribution in [2.75, 3.05) is 19.5 Å². The smallest absolute Gasteiger partial charge is 0.414 e. The number of thioether (sulfide) groups is 1. The second-order valence-corrected chi connectivity index (χ2v) is 13.3. The third-order valence-corrected chi connectivity index (χ3v) is 8.92. The fourth-order valence-corrected chi connectivity index (χ4v) is 6.37. The summed E-state index contributed by atoms with van der Waals surface area (Å²) < 4.78 is 23.8. The number of imide groups is 1. The van der Waals surface area contributed by atoms with Gasteiger partial charge in [-0.1, -0.05) is 44.6 Å². The Morgan fingerprint density at radius 3 is 2.41 bits per heavy atom. The molecule has 1 spiro atoms. The first-order valence-corrected chi connectivity index (χ1v) is 14.5. The largest absolute Gasteiger partial charge is 0.443 e. The number of methoxy groups -OCH3 is 1. The summed E-state index contributed by atoms with van der Waals surface area (Å²) in [4.78, 5) is 38.4. The molecule has 0 aromatic heterocycles. The number of amides is 2. The Bertz CT molecular complexity index is 1120. The Hall–Kier alpha value is -2.20. The molecule has 4 rings (SSSR count). The van der Waals surface area contributed by atoms with E-state index in [2.05, 4.69) is 32.2 Å². The highest BCUT2D eigenvalue weighted by molar-refractivity contribution is 8.00. The molecule has 1 N–H and O–H groups in total. The van der Waals surface area contributed by atoms with Gasteiger partial charge in [0.15, 0.2) is 5.78 Å². The van der Waals surface area contributed by atoms with E-state index in [0.717, 1.165) is 17.7 Å². The van der Waals surface area contributed by atoms with Crippen molar-refractivity contribution in [3.8, 4) is 0 Å². The normalized spacial score (nSPS) is 31.4. The standard InChI is InChI=1S/C30H41NO7S/c1-18(2)8-13-22-29(6,38-22)25-24(35-7)21(14-15-30(25)17-36-30)37-27(34)31-23(32)16-39-20-11-9-19(10-12-20)26(33)28(3,4)5/h8-12,21-22,24-25H,13-17H2,1-7H3,(H,31,32,34)/t21-,22-,24-,25-,29-,30+/m1/s1. The summed E-state index contributed by atoms with van der Waals surface area (Å²) in [6, 6.07) is 7.14. The molecule has 1 aromatic carbocycles. The molecule has 1 saturated carbocycles. The Morgan fingerprint density at radius 2 is 1.85 bits per heavy atom. The zero-order valence-corrected chi connectivity index (χ0v) is 24.8. The molecule has 3 aliphatic rings. The molecule has 2 saturated heterocycles. The minimum Gasteiger partial charge on any atom is -0.443 e. The van der Waals surface area contributed by atoms with Crippen LogP contribution in [0, 0.1) is 11.3 Å². The molecule has 0 bridgehead atoms. The van der Waals surface area contributed by atoms with Crippen molar-refractivity contribution in [3.63, 3.8) is 0 Å². The van der Waals surface area contributed by atoms with Crippen LogP contribution >= 0.6 is 11.8 Å². The number of hydrogen-bond donors (Lipinski definition) is 1. The van der Waals surface area contributed by atoms with Gasteiger partial charge in [0.2, 0.25) is 5.91 Å². The molecule has 1 aromatic rings. The molecule has 1 aliphatic carbocycles. The van der Waals surface area contributed by atoms with Crippen LogP contribution in [0.3, 0.4) is 0 Å². The second-order valence-electron chi connectivity index (χ2n) is 12.3. The Labute approximate surface area is 235 Å². The maximum Gasteiger partial charge on any atom is 0.414 e. The highest BCUT2D eigenvalue weighted by Gasteiger charge is 2.72. The van der Waals surface area contributed by atoms with Crippen LogP contribution in [0.5, 0.6) is 0 Å². The molecule has 214 valence electrons. The van der Waals surface area contributed by atoms with Crippen LogP contribution in [0.4, 0.5) is 4.79 Å². The zero-order chi connectivity index (χ0) is 28.6. The number of ether oxygens (including phenoxy) is 4. The maximum absolute atomic E-state index is 12.7. The summed E-state index contributed by atoms with van der Waals surface area (Å²) in [6.45, 7) is 12.5.